The first-order chi connectivity index (χ1) is 8.10. The third-order valence-corrected chi connectivity index (χ3v) is 3.58. The van der Waals surface area contributed by atoms with Gasteiger partial charge in [-0.25, -0.2) is 0 Å². The lowest BCUT2D eigenvalue weighted by Gasteiger charge is -2.31. The molecule has 1 aromatic rings. The predicted molar refractivity (Wildman–Crippen MR) is 70.0 cm³/mol. The summed E-state index contributed by atoms with van der Waals surface area (Å²) in [5.41, 5.74) is 6.42. The molecule has 0 aromatic heterocycles. The highest BCUT2D eigenvalue weighted by atomic mass is 79.9. The highest BCUT2D eigenvalue weighted by Crippen LogP contribution is 2.30. The predicted octanol–water partition coefficient (Wildman–Crippen LogP) is 2.13. The Hall–Kier alpha value is -1.07. The van der Waals surface area contributed by atoms with Crippen molar-refractivity contribution >= 4 is 27.5 Å². The lowest BCUT2D eigenvalue weighted by Crippen LogP contribution is -2.42. The molecule has 1 aromatic carbocycles. The number of benzene rings is 1. The second-order valence-corrected chi connectivity index (χ2v) is 5.12. The molecule has 1 saturated carbocycles. The van der Waals surface area contributed by atoms with Gasteiger partial charge in [0, 0.05) is 17.6 Å². The summed E-state index contributed by atoms with van der Waals surface area (Å²) in [5, 5.41) is 2.88. The van der Waals surface area contributed by atoms with Gasteiger partial charge in [-0.05, 0) is 47.0 Å². The van der Waals surface area contributed by atoms with E-state index in [9.17, 15) is 4.79 Å². The van der Waals surface area contributed by atoms with Crippen LogP contribution in [0, 0.1) is 5.92 Å². The first-order valence-corrected chi connectivity index (χ1v) is 6.29. The number of nitrogens with two attached hydrogens (primary N) is 1. The second kappa shape index (κ2) is 5.06. The normalized spacial score (nSPS) is 22.8. The molecule has 0 spiro atoms. The summed E-state index contributed by atoms with van der Waals surface area (Å²) in [6.07, 6.45) is 1.56. The fourth-order valence-electron chi connectivity index (χ4n) is 1.86. The third-order valence-electron chi connectivity index (χ3n) is 2.96. The zero-order chi connectivity index (χ0) is 12.4. The molecule has 2 rings (SSSR count). The van der Waals surface area contributed by atoms with Crippen molar-refractivity contribution in [3.05, 3.63) is 22.7 Å². The number of anilines is 1. The minimum absolute atomic E-state index is 0.0452. The van der Waals surface area contributed by atoms with Crippen LogP contribution in [0.2, 0.25) is 0 Å². The zero-order valence-corrected chi connectivity index (χ0v) is 11.2. The van der Waals surface area contributed by atoms with Gasteiger partial charge in [-0.3, -0.25) is 4.79 Å². The standard InChI is InChI=1S/C12H15BrN2O2/c1-17-11-3-2-9(6-10(11)13)15-12(16)7-4-8(14)5-7/h2-3,6-8H,4-5,14H2,1H3,(H,15,16). The summed E-state index contributed by atoms with van der Waals surface area (Å²) < 4.78 is 5.95. The molecule has 0 saturated heterocycles. The average Bonchev–Trinajstić information content (AvgIpc) is 2.25. The van der Waals surface area contributed by atoms with Crippen molar-refractivity contribution in [3.63, 3.8) is 0 Å². The maximum Gasteiger partial charge on any atom is 0.227 e. The molecule has 1 aliphatic rings. The minimum Gasteiger partial charge on any atom is -0.496 e. The first-order valence-electron chi connectivity index (χ1n) is 5.50. The number of nitrogens with one attached hydrogen (secondary N) is 1. The number of rotatable bonds is 3. The van der Waals surface area contributed by atoms with E-state index in [1.165, 1.54) is 0 Å². The van der Waals surface area contributed by atoms with E-state index in [1.807, 2.05) is 18.2 Å². The molecule has 0 bridgehead atoms. The summed E-state index contributed by atoms with van der Waals surface area (Å²) in [5.74, 6) is 0.850. The van der Waals surface area contributed by atoms with E-state index in [2.05, 4.69) is 21.2 Å². The van der Waals surface area contributed by atoms with Gasteiger partial charge in [0.25, 0.3) is 0 Å². The molecule has 5 heteroatoms. The van der Waals surface area contributed by atoms with E-state index in [4.69, 9.17) is 10.5 Å². The minimum atomic E-state index is 0.0452. The van der Waals surface area contributed by atoms with Gasteiger partial charge in [-0.15, -0.1) is 0 Å². The van der Waals surface area contributed by atoms with E-state index in [0.717, 1.165) is 28.8 Å². The quantitative estimate of drug-likeness (QED) is 0.898. The van der Waals surface area contributed by atoms with E-state index in [1.54, 1.807) is 7.11 Å². The van der Waals surface area contributed by atoms with Crippen molar-refractivity contribution in [2.75, 3.05) is 12.4 Å². The van der Waals surface area contributed by atoms with Gasteiger partial charge < -0.3 is 15.8 Å². The van der Waals surface area contributed by atoms with E-state index in [-0.39, 0.29) is 17.9 Å². The molecule has 0 heterocycles. The highest BCUT2D eigenvalue weighted by molar-refractivity contribution is 9.10. The van der Waals surface area contributed by atoms with E-state index < -0.39 is 0 Å². The Labute approximate surface area is 109 Å². The smallest absolute Gasteiger partial charge is 0.227 e. The molecule has 0 unspecified atom stereocenters. The van der Waals surface area contributed by atoms with Crippen LogP contribution in [0.5, 0.6) is 5.75 Å². The molecule has 1 amide bonds. The van der Waals surface area contributed by atoms with Crippen LogP contribution in [0.4, 0.5) is 5.69 Å². The van der Waals surface area contributed by atoms with Gasteiger partial charge in [0.2, 0.25) is 5.91 Å². The zero-order valence-electron chi connectivity index (χ0n) is 9.57. The SMILES string of the molecule is COc1ccc(NC(=O)C2CC(N)C2)cc1Br. The maximum atomic E-state index is 11.8. The lowest BCUT2D eigenvalue weighted by atomic mass is 9.80. The number of halogens is 1. The number of carbonyl (C=O) groups excluding carboxylic acids is 1. The Balaban J connectivity index is 1.99. The third kappa shape index (κ3) is 2.79. The second-order valence-electron chi connectivity index (χ2n) is 4.27. The Bertz CT molecular complexity index is 431. The maximum absolute atomic E-state index is 11.8. The molecular weight excluding hydrogens is 284 g/mol. The number of methoxy groups -OCH3 is 1. The van der Waals surface area contributed by atoms with E-state index >= 15 is 0 Å². The van der Waals surface area contributed by atoms with Crippen LogP contribution in [0.3, 0.4) is 0 Å². The van der Waals surface area contributed by atoms with Crippen molar-refractivity contribution in [2.45, 2.75) is 18.9 Å². The molecular formula is C12H15BrN2O2. The van der Waals surface area contributed by atoms with Gasteiger partial charge in [-0.1, -0.05) is 0 Å². The molecule has 0 radical (unpaired) electrons. The van der Waals surface area contributed by atoms with E-state index in [0.29, 0.717) is 0 Å². The molecule has 0 atom stereocenters. The number of carbonyl (C=O) groups is 1. The van der Waals surface area contributed by atoms with Crippen LogP contribution < -0.4 is 15.8 Å². The molecule has 0 aliphatic heterocycles. The average molecular weight is 299 g/mol. The molecule has 3 N–H and O–H groups in total. The van der Waals surface area contributed by atoms with Crippen LogP contribution >= 0.6 is 15.9 Å². The van der Waals surface area contributed by atoms with Crippen LogP contribution in [-0.4, -0.2) is 19.1 Å². The van der Waals surface area contributed by atoms with Gasteiger partial charge in [0.1, 0.15) is 5.75 Å². The summed E-state index contributed by atoms with van der Waals surface area (Å²) in [6.45, 7) is 0. The summed E-state index contributed by atoms with van der Waals surface area (Å²) in [6, 6.07) is 5.65. The first kappa shape index (κ1) is 12.4. The molecule has 1 fully saturated rings. The number of amides is 1. The molecule has 92 valence electrons. The Kier molecular flexibility index (Phi) is 3.69. The van der Waals surface area contributed by atoms with Gasteiger partial charge in [-0.2, -0.15) is 0 Å². The summed E-state index contributed by atoms with van der Waals surface area (Å²) in [7, 11) is 1.61. The van der Waals surface area contributed by atoms with Crippen molar-refractivity contribution in [3.8, 4) is 5.75 Å². The van der Waals surface area contributed by atoms with Gasteiger partial charge in [0.05, 0.1) is 11.6 Å². The Morgan fingerprint density at radius 3 is 2.76 bits per heavy atom. The fraction of sp³-hybridized carbons (Fsp3) is 0.417. The lowest BCUT2D eigenvalue weighted by molar-refractivity contribution is -0.122. The number of hydrogen-bond donors (Lipinski definition) is 2. The molecule has 17 heavy (non-hydrogen) atoms. The van der Waals surface area contributed by atoms with Crippen molar-refractivity contribution in [1.29, 1.82) is 0 Å². The van der Waals surface area contributed by atoms with Crippen LogP contribution in [0.25, 0.3) is 0 Å². The molecule has 4 nitrogen and oxygen atoms in total. The van der Waals surface area contributed by atoms with Crippen LogP contribution in [-0.2, 0) is 4.79 Å². The van der Waals surface area contributed by atoms with Crippen molar-refractivity contribution in [1.82, 2.24) is 0 Å². The monoisotopic (exact) mass is 298 g/mol. The number of ether oxygens (including phenoxy) is 1. The van der Waals surface area contributed by atoms with Crippen LogP contribution in [0.15, 0.2) is 22.7 Å². The Morgan fingerprint density at radius 1 is 1.53 bits per heavy atom. The van der Waals surface area contributed by atoms with Crippen molar-refractivity contribution < 1.29 is 9.53 Å². The van der Waals surface area contributed by atoms with Crippen LogP contribution in [0.1, 0.15) is 12.8 Å². The largest absolute Gasteiger partial charge is 0.496 e. The summed E-state index contributed by atoms with van der Waals surface area (Å²) in [4.78, 5) is 11.8. The van der Waals surface area contributed by atoms with Crippen molar-refractivity contribution in [2.24, 2.45) is 11.7 Å². The molecule has 1 aliphatic carbocycles. The highest BCUT2D eigenvalue weighted by Gasteiger charge is 2.31. The Morgan fingerprint density at radius 2 is 2.24 bits per heavy atom. The number of hydrogen-bond acceptors (Lipinski definition) is 3. The topological polar surface area (TPSA) is 64.3 Å². The fourth-order valence-corrected chi connectivity index (χ4v) is 2.41. The van der Waals surface area contributed by atoms with Gasteiger partial charge in [0.15, 0.2) is 0 Å². The summed E-state index contributed by atoms with van der Waals surface area (Å²) >= 11 is 3.38. The van der Waals surface area contributed by atoms with Gasteiger partial charge >= 0.3 is 0 Å².